The first-order valence-corrected chi connectivity index (χ1v) is 5.58. The zero-order chi connectivity index (χ0) is 11.1. The van der Waals surface area contributed by atoms with Gasteiger partial charge in [-0.15, -0.1) is 0 Å². The number of nitrogens with one attached hydrogen (secondary N) is 1. The van der Waals surface area contributed by atoms with Gasteiger partial charge in [-0.25, -0.2) is 0 Å². The van der Waals surface area contributed by atoms with E-state index in [2.05, 4.69) is 32.2 Å². The average molecular weight is 204 g/mol. The van der Waals surface area contributed by atoms with E-state index in [1.807, 2.05) is 12.1 Å². The molecule has 1 atom stereocenters. The minimum atomic E-state index is 0.544. The number of anilines is 2. The van der Waals surface area contributed by atoms with Gasteiger partial charge >= 0.3 is 0 Å². The minimum absolute atomic E-state index is 0.544. The Hall–Kier alpha value is -1.18. The molecule has 1 aromatic carbocycles. The van der Waals surface area contributed by atoms with Crippen LogP contribution in [0.15, 0.2) is 18.2 Å². The lowest BCUT2D eigenvalue weighted by atomic mass is 10.1. The lowest BCUT2D eigenvalue weighted by Gasteiger charge is -2.09. The van der Waals surface area contributed by atoms with E-state index in [0.29, 0.717) is 5.41 Å². The Morgan fingerprint density at radius 3 is 2.60 bits per heavy atom. The predicted molar refractivity (Wildman–Crippen MR) is 66.0 cm³/mol. The van der Waals surface area contributed by atoms with Gasteiger partial charge in [-0.1, -0.05) is 13.8 Å². The molecule has 3 N–H and O–H groups in total. The Balaban J connectivity index is 1.94. The summed E-state index contributed by atoms with van der Waals surface area (Å²) in [5, 5.41) is 3.46. The molecule has 2 rings (SSSR count). The van der Waals surface area contributed by atoms with E-state index < -0.39 is 0 Å². The van der Waals surface area contributed by atoms with Crippen molar-refractivity contribution < 1.29 is 0 Å². The van der Waals surface area contributed by atoms with Crippen molar-refractivity contribution in [2.75, 3.05) is 17.6 Å². The lowest BCUT2D eigenvalue weighted by Crippen LogP contribution is -2.07. The highest BCUT2D eigenvalue weighted by Crippen LogP contribution is 2.51. The van der Waals surface area contributed by atoms with Crippen LogP contribution in [0.4, 0.5) is 11.4 Å². The molecule has 0 aromatic heterocycles. The Morgan fingerprint density at radius 1 is 1.40 bits per heavy atom. The normalized spacial score (nSPS) is 22.5. The molecule has 1 aromatic rings. The quantitative estimate of drug-likeness (QED) is 0.743. The fourth-order valence-electron chi connectivity index (χ4n) is 2.08. The van der Waals surface area contributed by atoms with Crippen LogP contribution in [0.1, 0.15) is 25.8 Å². The van der Waals surface area contributed by atoms with Crippen molar-refractivity contribution in [3.63, 3.8) is 0 Å². The molecule has 1 fully saturated rings. The largest absolute Gasteiger partial charge is 0.399 e. The topological polar surface area (TPSA) is 38.0 Å². The molecule has 1 aliphatic carbocycles. The SMILES string of the molecule is Cc1cc(N)cc(NCC2CC2(C)C)c1. The van der Waals surface area contributed by atoms with E-state index in [9.17, 15) is 0 Å². The van der Waals surface area contributed by atoms with E-state index in [4.69, 9.17) is 5.73 Å². The monoisotopic (exact) mass is 204 g/mol. The first-order chi connectivity index (χ1) is 6.97. The molecule has 15 heavy (non-hydrogen) atoms. The summed E-state index contributed by atoms with van der Waals surface area (Å²) in [6.07, 6.45) is 1.33. The molecule has 0 amide bonds. The van der Waals surface area contributed by atoms with Gasteiger partial charge in [-0.2, -0.15) is 0 Å². The van der Waals surface area contributed by atoms with Crippen LogP contribution in [0.3, 0.4) is 0 Å². The van der Waals surface area contributed by atoms with Gasteiger partial charge in [0.1, 0.15) is 0 Å². The first-order valence-electron chi connectivity index (χ1n) is 5.58. The second-order valence-corrected chi connectivity index (χ2v) is 5.40. The second kappa shape index (κ2) is 3.44. The number of nitrogen functional groups attached to an aromatic ring is 1. The van der Waals surface area contributed by atoms with Crippen molar-refractivity contribution >= 4 is 11.4 Å². The van der Waals surface area contributed by atoms with Gasteiger partial charge in [-0.05, 0) is 48.4 Å². The molecule has 1 aliphatic rings. The van der Waals surface area contributed by atoms with Gasteiger partial charge in [0.2, 0.25) is 0 Å². The lowest BCUT2D eigenvalue weighted by molar-refractivity contribution is 0.573. The molecule has 0 heterocycles. The molecule has 1 saturated carbocycles. The van der Waals surface area contributed by atoms with E-state index in [1.54, 1.807) is 0 Å². The molecule has 0 bridgehead atoms. The molecular formula is C13H20N2. The number of aryl methyl sites for hydroxylation is 1. The number of rotatable bonds is 3. The highest BCUT2D eigenvalue weighted by Gasteiger charge is 2.44. The number of benzene rings is 1. The van der Waals surface area contributed by atoms with Crippen LogP contribution in [0.25, 0.3) is 0 Å². The maximum absolute atomic E-state index is 5.79. The van der Waals surface area contributed by atoms with Crippen molar-refractivity contribution in [2.24, 2.45) is 11.3 Å². The third-order valence-electron chi connectivity index (χ3n) is 3.37. The summed E-state index contributed by atoms with van der Waals surface area (Å²) >= 11 is 0. The Bertz CT molecular complexity index is 349. The summed E-state index contributed by atoms with van der Waals surface area (Å²) in [7, 11) is 0. The van der Waals surface area contributed by atoms with Gasteiger partial charge in [-0.3, -0.25) is 0 Å². The molecule has 82 valence electrons. The number of nitrogens with two attached hydrogens (primary N) is 1. The van der Waals surface area contributed by atoms with Crippen molar-refractivity contribution in [1.29, 1.82) is 0 Å². The molecule has 0 spiro atoms. The highest BCUT2D eigenvalue weighted by molar-refractivity contribution is 5.56. The van der Waals surface area contributed by atoms with Crippen LogP contribution in [-0.2, 0) is 0 Å². The molecule has 1 unspecified atom stereocenters. The summed E-state index contributed by atoms with van der Waals surface area (Å²) in [6.45, 7) is 7.78. The molecule has 0 radical (unpaired) electrons. The summed E-state index contributed by atoms with van der Waals surface area (Å²) in [5.74, 6) is 0.819. The standard InChI is InChI=1S/C13H20N2/c1-9-4-11(14)6-12(5-9)15-8-10-7-13(10,2)3/h4-6,10,15H,7-8,14H2,1-3H3. The van der Waals surface area contributed by atoms with Crippen molar-refractivity contribution in [3.8, 4) is 0 Å². The summed E-state index contributed by atoms with van der Waals surface area (Å²) in [4.78, 5) is 0. The predicted octanol–water partition coefficient (Wildman–Crippen LogP) is 3.04. The molecule has 2 nitrogen and oxygen atoms in total. The molecule has 0 aliphatic heterocycles. The fraction of sp³-hybridized carbons (Fsp3) is 0.538. The highest BCUT2D eigenvalue weighted by atomic mass is 14.9. The van der Waals surface area contributed by atoms with Crippen LogP contribution in [0.2, 0.25) is 0 Å². The van der Waals surface area contributed by atoms with Crippen molar-refractivity contribution in [1.82, 2.24) is 0 Å². The van der Waals surface area contributed by atoms with E-state index in [-0.39, 0.29) is 0 Å². The van der Waals surface area contributed by atoms with Crippen LogP contribution in [0, 0.1) is 18.3 Å². The third-order valence-corrected chi connectivity index (χ3v) is 3.37. The zero-order valence-corrected chi connectivity index (χ0v) is 9.80. The average Bonchev–Trinajstić information content (AvgIpc) is 2.69. The zero-order valence-electron chi connectivity index (χ0n) is 9.80. The number of hydrogen-bond acceptors (Lipinski definition) is 2. The molecular weight excluding hydrogens is 184 g/mol. The van der Waals surface area contributed by atoms with E-state index in [1.165, 1.54) is 12.0 Å². The summed E-state index contributed by atoms with van der Waals surface area (Å²) < 4.78 is 0. The van der Waals surface area contributed by atoms with Crippen LogP contribution in [-0.4, -0.2) is 6.54 Å². The van der Waals surface area contributed by atoms with Gasteiger partial charge in [0, 0.05) is 17.9 Å². The van der Waals surface area contributed by atoms with Gasteiger partial charge in [0.05, 0.1) is 0 Å². The minimum Gasteiger partial charge on any atom is -0.399 e. The maximum Gasteiger partial charge on any atom is 0.0363 e. The van der Waals surface area contributed by atoms with Crippen LogP contribution < -0.4 is 11.1 Å². The van der Waals surface area contributed by atoms with E-state index >= 15 is 0 Å². The van der Waals surface area contributed by atoms with Crippen LogP contribution >= 0.6 is 0 Å². The summed E-state index contributed by atoms with van der Waals surface area (Å²) in [6, 6.07) is 6.14. The third kappa shape index (κ3) is 2.44. The smallest absolute Gasteiger partial charge is 0.0363 e. The van der Waals surface area contributed by atoms with E-state index in [0.717, 1.165) is 23.8 Å². The van der Waals surface area contributed by atoms with Gasteiger partial charge < -0.3 is 11.1 Å². The Morgan fingerprint density at radius 2 is 2.07 bits per heavy atom. The summed E-state index contributed by atoms with van der Waals surface area (Å²) in [5.41, 5.74) is 9.54. The van der Waals surface area contributed by atoms with Crippen LogP contribution in [0.5, 0.6) is 0 Å². The molecule has 2 heteroatoms. The fourth-order valence-corrected chi connectivity index (χ4v) is 2.08. The van der Waals surface area contributed by atoms with Crippen molar-refractivity contribution in [3.05, 3.63) is 23.8 Å². The van der Waals surface area contributed by atoms with Gasteiger partial charge in [0.25, 0.3) is 0 Å². The number of hydrogen-bond donors (Lipinski definition) is 2. The Labute approximate surface area is 91.9 Å². The second-order valence-electron chi connectivity index (χ2n) is 5.40. The Kier molecular flexibility index (Phi) is 2.37. The van der Waals surface area contributed by atoms with Crippen molar-refractivity contribution in [2.45, 2.75) is 27.2 Å². The van der Waals surface area contributed by atoms with Gasteiger partial charge in [0.15, 0.2) is 0 Å². The molecule has 0 saturated heterocycles. The first kappa shape index (κ1) is 10.3. The maximum atomic E-state index is 5.79.